The number of thiophene rings is 1. The van der Waals surface area contributed by atoms with Crippen LogP contribution in [0.2, 0.25) is 0 Å². The number of hydrogen-bond donors (Lipinski definition) is 2. The summed E-state index contributed by atoms with van der Waals surface area (Å²) in [7, 11) is 0. The topological polar surface area (TPSA) is 102 Å². The highest BCUT2D eigenvalue weighted by molar-refractivity contribution is 7.13. The molecule has 5 rings (SSSR count). The molecule has 0 aliphatic rings. The Labute approximate surface area is 198 Å². The zero-order valence-corrected chi connectivity index (χ0v) is 18.7. The van der Waals surface area contributed by atoms with Crippen molar-refractivity contribution in [3.63, 3.8) is 0 Å². The molecule has 3 heterocycles. The highest BCUT2D eigenvalue weighted by Gasteiger charge is 2.17. The van der Waals surface area contributed by atoms with E-state index in [0.717, 1.165) is 10.4 Å². The van der Waals surface area contributed by atoms with Crippen LogP contribution in [0.3, 0.4) is 0 Å². The van der Waals surface area contributed by atoms with E-state index in [1.807, 2.05) is 66.0 Å². The van der Waals surface area contributed by atoms with Gasteiger partial charge in [0.1, 0.15) is 17.3 Å². The maximum atomic E-state index is 12.7. The van der Waals surface area contributed by atoms with E-state index in [2.05, 4.69) is 20.4 Å². The molecule has 9 heteroatoms. The summed E-state index contributed by atoms with van der Waals surface area (Å²) in [5.74, 6) is 0.767. The average Bonchev–Trinajstić information content (AvgIpc) is 3.54. The number of benzene rings is 2. The van der Waals surface area contributed by atoms with Gasteiger partial charge in [0.2, 0.25) is 5.95 Å². The number of carbonyl (C=O) groups excluding carboxylic acids is 1. The number of carbonyl (C=O) groups is 1. The number of anilines is 1. The SMILES string of the molecule is O=C(COc1ccccc1)Nc1cc(-c2cccs2)nn1-c1nc(-c2ccccc2)cc(=O)[nH]1. The lowest BCUT2D eigenvalue weighted by Gasteiger charge is -2.10. The molecule has 2 aromatic carbocycles. The predicted molar refractivity (Wildman–Crippen MR) is 131 cm³/mol. The summed E-state index contributed by atoms with van der Waals surface area (Å²) in [5.41, 5.74) is 1.60. The first-order valence-electron chi connectivity index (χ1n) is 10.4. The number of rotatable bonds is 7. The van der Waals surface area contributed by atoms with Gasteiger partial charge in [0.25, 0.3) is 11.5 Å². The molecule has 3 aromatic heterocycles. The van der Waals surface area contributed by atoms with Gasteiger partial charge in [0, 0.05) is 17.7 Å². The molecule has 0 atom stereocenters. The molecule has 168 valence electrons. The Morgan fingerprint density at radius 2 is 1.74 bits per heavy atom. The molecular weight excluding hydrogens is 450 g/mol. The summed E-state index contributed by atoms with van der Waals surface area (Å²) in [6.07, 6.45) is 0. The van der Waals surface area contributed by atoms with Gasteiger partial charge < -0.3 is 10.1 Å². The summed E-state index contributed by atoms with van der Waals surface area (Å²) in [6, 6.07) is 25.5. The van der Waals surface area contributed by atoms with Crippen LogP contribution in [-0.2, 0) is 4.79 Å². The van der Waals surface area contributed by atoms with Gasteiger partial charge in [-0.1, -0.05) is 54.6 Å². The number of amides is 1. The average molecular weight is 470 g/mol. The second-order valence-electron chi connectivity index (χ2n) is 7.27. The summed E-state index contributed by atoms with van der Waals surface area (Å²) in [5, 5.41) is 9.37. The number of nitrogens with zero attached hydrogens (tertiary/aromatic N) is 3. The van der Waals surface area contributed by atoms with Gasteiger partial charge in [-0.15, -0.1) is 11.3 Å². The van der Waals surface area contributed by atoms with Crippen LogP contribution in [0, 0.1) is 0 Å². The lowest BCUT2D eigenvalue weighted by atomic mass is 10.1. The number of nitrogens with one attached hydrogen (secondary N) is 2. The Hall–Kier alpha value is -4.50. The minimum Gasteiger partial charge on any atom is -0.484 e. The lowest BCUT2D eigenvalue weighted by molar-refractivity contribution is -0.118. The molecule has 0 bridgehead atoms. The highest BCUT2D eigenvalue weighted by atomic mass is 32.1. The van der Waals surface area contributed by atoms with Gasteiger partial charge in [-0.3, -0.25) is 14.6 Å². The molecule has 0 spiro atoms. The minimum atomic E-state index is -0.371. The number of aromatic nitrogens is 4. The van der Waals surface area contributed by atoms with Gasteiger partial charge in [0.15, 0.2) is 6.61 Å². The van der Waals surface area contributed by atoms with E-state index in [-0.39, 0.29) is 24.0 Å². The lowest BCUT2D eigenvalue weighted by Crippen LogP contribution is -2.23. The smallest absolute Gasteiger partial charge is 0.263 e. The van der Waals surface area contributed by atoms with Crippen molar-refractivity contribution >= 4 is 23.1 Å². The monoisotopic (exact) mass is 469 g/mol. The fourth-order valence-electron chi connectivity index (χ4n) is 3.32. The van der Waals surface area contributed by atoms with Crippen molar-refractivity contribution in [1.29, 1.82) is 0 Å². The van der Waals surface area contributed by atoms with E-state index in [4.69, 9.17) is 4.74 Å². The number of aromatic amines is 1. The van der Waals surface area contributed by atoms with Crippen molar-refractivity contribution in [3.8, 4) is 33.5 Å². The zero-order chi connectivity index (χ0) is 23.3. The summed E-state index contributed by atoms with van der Waals surface area (Å²) in [4.78, 5) is 33.3. The molecule has 0 radical (unpaired) electrons. The molecule has 34 heavy (non-hydrogen) atoms. The standard InChI is InChI=1S/C25H19N5O3S/c31-23-15-19(17-8-3-1-4-9-17)26-25(28-23)30-22(14-20(29-30)21-12-7-13-34-21)27-24(32)16-33-18-10-5-2-6-11-18/h1-15H,16H2,(H,27,32)(H,26,28,31). The Balaban J connectivity index is 1.49. The van der Waals surface area contributed by atoms with Crippen molar-refractivity contribution in [3.05, 3.63) is 101 Å². The molecular formula is C25H19N5O3S. The van der Waals surface area contributed by atoms with Crippen molar-refractivity contribution in [2.45, 2.75) is 0 Å². The Morgan fingerprint density at radius 3 is 2.47 bits per heavy atom. The van der Waals surface area contributed by atoms with Crippen LogP contribution in [0.4, 0.5) is 5.82 Å². The van der Waals surface area contributed by atoms with E-state index in [1.54, 1.807) is 18.2 Å². The van der Waals surface area contributed by atoms with Crippen molar-refractivity contribution < 1.29 is 9.53 Å². The van der Waals surface area contributed by atoms with Crippen LogP contribution in [0.25, 0.3) is 27.8 Å². The Morgan fingerprint density at radius 1 is 0.971 bits per heavy atom. The number of para-hydroxylation sites is 1. The van der Waals surface area contributed by atoms with Gasteiger partial charge in [0.05, 0.1) is 10.6 Å². The van der Waals surface area contributed by atoms with E-state index >= 15 is 0 Å². The first kappa shape index (κ1) is 21.4. The molecule has 8 nitrogen and oxygen atoms in total. The molecule has 0 aliphatic carbocycles. The molecule has 0 saturated carbocycles. The van der Waals surface area contributed by atoms with Gasteiger partial charge >= 0.3 is 0 Å². The molecule has 0 saturated heterocycles. The molecule has 2 N–H and O–H groups in total. The number of ether oxygens (including phenoxy) is 1. The van der Waals surface area contributed by atoms with Crippen molar-refractivity contribution in [1.82, 2.24) is 19.7 Å². The first-order valence-corrected chi connectivity index (χ1v) is 11.3. The fraction of sp³-hybridized carbons (Fsp3) is 0.0400. The van der Waals surface area contributed by atoms with E-state index < -0.39 is 0 Å². The van der Waals surface area contributed by atoms with Crippen LogP contribution >= 0.6 is 11.3 Å². The van der Waals surface area contributed by atoms with E-state index in [1.165, 1.54) is 22.1 Å². The van der Waals surface area contributed by atoms with Crippen molar-refractivity contribution in [2.24, 2.45) is 0 Å². The third-order valence-corrected chi connectivity index (χ3v) is 5.76. The second-order valence-corrected chi connectivity index (χ2v) is 8.22. The fourth-order valence-corrected chi connectivity index (χ4v) is 4.00. The first-order chi connectivity index (χ1) is 16.7. The zero-order valence-electron chi connectivity index (χ0n) is 17.8. The third kappa shape index (κ3) is 4.79. The second kappa shape index (κ2) is 9.55. The number of hydrogen-bond acceptors (Lipinski definition) is 6. The highest BCUT2D eigenvalue weighted by Crippen LogP contribution is 2.27. The summed E-state index contributed by atoms with van der Waals surface area (Å²) >= 11 is 1.52. The maximum absolute atomic E-state index is 12.7. The van der Waals surface area contributed by atoms with Gasteiger partial charge in [-0.05, 0) is 23.6 Å². The van der Waals surface area contributed by atoms with Gasteiger partial charge in [-0.2, -0.15) is 9.78 Å². The van der Waals surface area contributed by atoms with E-state index in [0.29, 0.717) is 23.0 Å². The van der Waals surface area contributed by atoms with Crippen LogP contribution < -0.4 is 15.6 Å². The molecule has 1 amide bonds. The van der Waals surface area contributed by atoms with Gasteiger partial charge in [-0.25, -0.2) is 4.98 Å². The van der Waals surface area contributed by atoms with Crippen molar-refractivity contribution in [2.75, 3.05) is 11.9 Å². The Bertz CT molecular complexity index is 1460. The molecule has 0 aliphatic heterocycles. The molecule has 0 fully saturated rings. The molecule has 0 unspecified atom stereocenters. The van der Waals surface area contributed by atoms with Crippen LogP contribution in [0.15, 0.2) is 95.1 Å². The third-order valence-electron chi connectivity index (χ3n) is 4.86. The normalized spacial score (nSPS) is 10.7. The largest absolute Gasteiger partial charge is 0.484 e. The van der Waals surface area contributed by atoms with Crippen LogP contribution in [0.5, 0.6) is 5.75 Å². The Kier molecular flexibility index (Phi) is 6.00. The van der Waals surface area contributed by atoms with Crippen LogP contribution in [-0.4, -0.2) is 32.3 Å². The maximum Gasteiger partial charge on any atom is 0.263 e. The minimum absolute atomic E-state index is 0.183. The number of H-pyrrole nitrogens is 1. The quantitative estimate of drug-likeness (QED) is 0.369. The predicted octanol–water partition coefficient (Wildman–Crippen LogP) is 4.37. The molecule has 5 aromatic rings. The van der Waals surface area contributed by atoms with Crippen LogP contribution in [0.1, 0.15) is 0 Å². The summed E-state index contributed by atoms with van der Waals surface area (Å²) in [6.45, 7) is -0.183. The van der Waals surface area contributed by atoms with E-state index in [9.17, 15) is 9.59 Å². The summed E-state index contributed by atoms with van der Waals surface area (Å²) < 4.78 is 6.97.